The van der Waals surface area contributed by atoms with Crippen molar-refractivity contribution in [3.05, 3.63) is 59.4 Å². The molecule has 0 saturated carbocycles. The number of hydrogen-bond acceptors (Lipinski definition) is 2. The van der Waals surface area contributed by atoms with Crippen LogP contribution in [0.15, 0.2) is 42.5 Å². The van der Waals surface area contributed by atoms with Crippen LogP contribution in [0.25, 0.3) is 11.0 Å². The van der Waals surface area contributed by atoms with Crippen molar-refractivity contribution in [1.29, 1.82) is 0 Å². The van der Waals surface area contributed by atoms with E-state index in [0.29, 0.717) is 6.42 Å². The van der Waals surface area contributed by atoms with Gasteiger partial charge in [0.2, 0.25) is 5.91 Å². The molecule has 0 fully saturated rings. The number of nitrogens with zero attached hydrogens (tertiary/aromatic N) is 1. The van der Waals surface area contributed by atoms with Crippen LogP contribution in [-0.4, -0.2) is 15.9 Å². The van der Waals surface area contributed by atoms with Crippen LogP contribution in [0.1, 0.15) is 43.1 Å². The van der Waals surface area contributed by atoms with Gasteiger partial charge in [-0.2, -0.15) is 0 Å². The molecule has 25 heavy (non-hydrogen) atoms. The number of carbonyl (C=O) groups excluding carboxylic acids is 1. The summed E-state index contributed by atoms with van der Waals surface area (Å²) in [6.45, 7) is 4.17. The minimum absolute atomic E-state index is 0.0900. The molecule has 1 aromatic heterocycles. The number of H-pyrrole nitrogens is 1. The minimum atomic E-state index is 0.0900. The van der Waals surface area contributed by atoms with Gasteiger partial charge in [0, 0.05) is 18.5 Å². The van der Waals surface area contributed by atoms with Crippen LogP contribution in [-0.2, 0) is 17.6 Å². The molecule has 0 unspecified atom stereocenters. The SMILES string of the molecule is CCCCC(=O)Nc1ccc(CCc2nc3ccc(C)cc3[nH]2)cc1. The van der Waals surface area contributed by atoms with Crippen molar-refractivity contribution in [3.8, 4) is 0 Å². The molecular weight excluding hydrogens is 310 g/mol. The summed E-state index contributed by atoms with van der Waals surface area (Å²) in [5.41, 5.74) is 5.46. The number of nitrogens with one attached hydrogen (secondary N) is 2. The fraction of sp³-hybridized carbons (Fsp3) is 0.333. The highest BCUT2D eigenvalue weighted by atomic mass is 16.1. The molecule has 2 N–H and O–H groups in total. The van der Waals surface area contributed by atoms with Gasteiger partial charge in [0.15, 0.2) is 0 Å². The zero-order valence-electron chi connectivity index (χ0n) is 14.9. The van der Waals surface area contributed by atoms with Crippen molar-refractivity contribution in [3.63, 3.8) is 0 Å². The Kier molecular flexibility index (Phi) is 5.49. The lowest BCUT2D eigenvalue weighted by Gasteiger charge is -2.06. The molecule has 4 heteroatoms. The van der Waals surface area contributed by atoms with Crippen LogP contribution in [0, 0.1) is 6.92 Å². The first kappa shape index (κ1) is 17.2. The van der Waals surface area contributed by atoms with Crippen molar-refractivity contribution >= 4 is 22.6 Å². The Balaban J connectivity index is 1.56. The lowest BCUT2D eigenvalue weighted by Crippen LogP contribution is -2.10. The van der Waals surface area contributed by atoms with Gasteiger partial charge in [-0.05, 0) is 55.2 Å². The van der Waals surface area contributed by atoms with Gasteiger partial charge < -0.3 is 10.3 Å². The predicted molar refractivity (Wildman–Crippen MR) is 103 cm³/mol. The van der Waals surface area contributed by atoms with Crippen LogP contribution >= 0.6 is 0 Å². The number of unbranched alkanes of at least 4 members (excludes halogenated alkanes) is 1. The van der Waals surface area contributed by atoms with Gasteiger partial charge >= 0.3 is 0 Å². The largest absolute Gasteiger partial charge is 0.342 e. The first-order valence-electron chi connectivity index (χ1n) is 8.98. The molecule has 130 valence electrons. The van der Waals surface area contributed by atoms with E-state index < -0.39 is 0 Å². The van der Waals surface area contributed by atoms with Crippen molar-refractivity contribution in [2.24, 2.45) is 0 Å². The summed E-state index contributed by atoms with van der Waals surface area (Å²) in [7, 11) is 0. The highest BCUT2D eigenvalue weighted by Crippen LogP contribution is 2.16. The highest BCUT2D eigenvalue weighted by Gasteiger charge is 2.05. The van der Waals surface area contributed by atoms with Crippen molar-refractivity contribution < 1.29 is 4.79 Å². The molecule has 0 saturated heterocycles. The smallest absolute Gasteiger partial charge is 0.224 e. The molecule has 3 rings (SSSR count). The second-order valence-electron chi connectivity index (χ2n) is 6.55. The maximum absolute atomic E-state index is 11.8. The van der Waals surface area contributed by atoms with Crippen LogP contribution in [0.4, 0.5) is 5.69 Å². The summed E-state index contributed by atoms with van der Waals surface area (Å²) in [6, 6.07) is 14.4. The Hall–Kier alpha value is -2.62. The van der Waals surface area contributed by atoms with E-state index in [1.807, 2.05) is 12.1 Å². The number of anilines is 1. The van der Waals surface area contributed by atoms with Crippen molar-refractivity contribution in [2.45, 2.75) is 46.0 Å². The number of aromatic nitrogens is 2. The number of amides is 1. The molecule has 1 amide bonds. The first-order valence-corrected chi connectivity index (χ1v) is 8.98. The molecule has 1 heterocycles. The number of hydrogen-bond donors (Lipinski definition) is 2. The number of benzene rings is 2. The third kappa shape index (κ3) is 4.69. The van der Waals surface area contributed by atoms with Crippen molar-refractivity contribution in [1.82, 2.24) is 9.97 Å². The third-order valence-corrected chi connectivity index (χ3v) is 4.33. The standard InChI is InChI=1S/C21H25N3O/c1-3-4-5-21(25)22-17-10-7-16(8-11-17)9-13-20-23-18-12-6-15(2)14-19(18)24-20/h6-8,10-12,14H,3-5,9,13H2,1-2H3,(H,22,25)(H,23,24). The molecule has 0 spiro atoms. The maximum atomic E-state index is 11.8. The first-order chi connectivity index (χ1) is 12.1. The molecule has 0 aliphatic heterocycles. The molecule has 0 aliphatic carbocycles. The fourth-order valence-corrected chi connectivity index (χ4v) is 2.87. The molecule has 0 atom stereocenters. The number of aromatic amines is 1. The van der Waals surface area contributed by atoms with Gasteiger partial charge in [-0.25, -0.2) is 4.98 Å². The molecule has 4 nitrogen and oxygen atoms in total. The summed E-state index contributed by atoms with van der Waals surface area (Å²) in [6.07, 6.45) is 4.34. The molecule has 0 aliphatic rings. The quantitative estimate of drug-likeness (QED) is 0.652. The lowest BCUT2D eigenvalue weighted by molar-refractivity contribution is -0.116. The molecule has 3 aromatic rings. The molecule has 0 radical (unpaired) electrons. The van der Waals surface area contributed by atoms with Crippen molar-refractivity contribution in [2.75, 3.05) is 5.32 Å². The van der Waals surface area contributed by atoms with Gasteiger partial charge in [-0.3, -0.25) is 4.79 Å². The highest BCUT2D eigenvalue weighted by molar-refractivity contribution is 5.90. The van der Waals surface area contributed by atoms with E-state index in [9.17, 15) is 4.79 Å². The number of imidazole rings is 1. The zero-order valence-corrected chi connectivity index (χ0v) is 14.9. The second-order valence-corrected chi connectivity index (χ2v) is 6.55. The van der Waals surface area contributed by atoms with Crippen LogP contribution in [0.5, 0.6) is 0 Å². The summed E-state index contributed by atoms with van der Waals surface area (Å²) < 4.78 is 0. The summed E-state index contributed by atoms with van der Waals surface area (Å²) in [4.78, 5) is 19.8. The van der Waals surface area contributed by atoms with E-state index in [-0.39, 0.29) is 5.91 Å². The van der Waals surface area contributed by atoms with E-state index in [0.717, 1.165) is 48.2 Å². The topological polar surface area (TPSA) is 57.8 Å². The van der Waals surface area contributed by atoms with E-state index in [4.69, 9.17) is 0 Å². The number of carbonyl (C=O) groups is 1. The second kappa shape index (κ2) is 7.97. The van der Waals surface area contributed by atoms with E-state index in [2.05, 4.69) is 59.5 Å². The summed E-state index contributed by atoms with van der Waals surface area (Å²) in [5.74, 6) is 1.10. The Bertz CT molecular complexity index is 849. The molecular formula is C21H25N3O. The Morgan fingerprint density at radius 1 is 1.12 bits per heavy atom. The predicted octanol–water partition coefficient (Wildman–Crippen LogP) is 4.79. The van der Waals surface area contributed by atoms with Gasteiger partial charge in [-0.15, -0.1) is 0 Å². The average Bonchev–Trinajstić information content (AvgIpc) is 3.01. The number of rotatable bonds is 7. The van der Waals surface area contributed by atoms with E-state index in [1.54, 1.807) is 0 Å². The minimum Gasteiger partial charge on any atom is -0.342 e. The maximum Gasteiger partial charge on any atom is 0.224 e. The van der Waals surface area contributed by atoms with Gasteiger partial charge in [0.05, 0.1) is 11.0 Å². The van der Waals surface area contributed by atoms with Crippen LogP contribution in [0.3, 0.4) is 0 Å². The van der Waals surface area contributed by atoms with Gasteiger partial charge in [-0.1, -0.05) is 31.5 Å². The number of fused-ring (bicyclic) bond motifs is 1. The Morgan fingerprint density at radius 2 is 1.92 bits per heavy atom. The lowest BCUT2D eigenvalue weighted by atomic mass is 10.1. The fourth-order valence-electron chi connectivity index (χ4n) is 2.87. The molecule has 2 aromatic carbocycles. The normalized spacial score (nSPS) is 11.0. The number of aryl methyl sites for hydroxylation is 3. The molecule has 0 bridgehead atoms. The van der Waals surface area contributed by atoms with Gasteiger partial charge in [0.25, 0.3) is 0 Å². The summed E-state index contributed by atoms with van der Waals surface area (Å²) in [5, 5.41) is 2.94. The van der Waals surface area contributed by atoms with Crippen LogP contribution < -0.4 is 5.32 Å². The van der Waals surface area contributed by atoms with E-state index in [1.165, 1.54) is 11.1 Å². The summed E-state index contributed by atoms with van der Waals surface area (Å²) >= 11 is 0. The monoisotopic (exact) mass is 335 g/mol. The Labute approximate surface area is 148 Å². The zero-order chi connectivity index (χ0) is 17.6. The third-order valence-electron chi connectivity index (χ3n) is 4.33. The van der Waals surface area contributed by atoms with Gasteiger partial charge in [0.1, 0.15) is 5.82 Å². The van der Waals surface area contributed by atoms with E-state index >= 15 is 0 Å². The van der Waals surface area contributed by atoms with Crippen LogP contribution in [0.2, 0.25) is 0 Å². The Morgan fingerprint density at radius 3 is 2.68 bits per heavy atom. The average molecular weight is 335 g/mol.